The van der Waals surface area contributed by atoms with Crippen LogP contribution < -0.4 is 5.32 Å². The van der Waals surface area contributed by atoms with Crippen molar-refractivity contribution in [2.75, 3.05) is 18.4 Å². The predicted octanol–water partition coefficient (Wildman–Crippen LogP) is 2.13. The molecule has 10 nitrogen and oxygen atoms in total. The summed E-state index contributed by atoms with van der Waals surface area (Å²) in [7, 11) is -1.90. The molecule has 1 fully saturated rings. The van der Waals surface area contributed by atoms with E-state index in [0.29, 0.717) is 25.1 Å². The molecule has 31 heavy (non-hydrogen) atoms. The first-order chi connectivity index (χ1) is 14.7. The fourth-order valence-electron chi connectivity index (χ4n) is 3.63. The van der Waals surface area contributed by atoms with Crippen molar-refractivity contribution >= 4 is 21.9 Å². The zero-order valence-electron chi connectivity index (χ0n) is 17.6. The Balaban J connectivity index is 1.45. The molecule has 1 aliphatic rings. The Labute approximate surface area is 180 Å². The number of rotatable bonds is 5. The first kappa shape index (κ1) is 21.2. The smallest absolute Gasteiger partial charge is 0.322 e. The maximum atomic E-state index is 13.0. The van der Waals surface area contributed by atoms with Gasteiger partial charge in [0.05, 0.1) is 16.5 Å². The number of carbonyl (C=O) groups excluding carboxylic acids is 1. The minimum Gasteiger partial charge on any atom is -0.401 e. The monoisotopic (exact) mass is 444 g/mol. The van der Waals surface area contributed by atoms with Gasteiger partial charge in [-0.15, -0.1) is 5.10 Å². The van der Waals surface area contributed by atoms with E-state index >= 15 is 0 Å². The number of piperidine rings is 1. The molecule has 11 heteroatoms. The molecule has 1 aromatic carbocycles. The second-order valence-electron chi connectivity index (χ2n) is 7.71. The van der Waals surface area contributed by atoms with Gasteiger partial charge in [-0.25, -0.2) is 8.42 Å². The number of aromatic nitrogens is 4. The van der Waals surface area contributed by atoms with E-state index in [2.05, 4.69) is 20.6 Å². The van der Waals surface area contributed by atoms with Gasteiger partial charge in [0.2, 0.25) is 15.9 Å². The zero-order chi connectivity index (χ0) is 22.2. The number of carbonyl (C=O) groups is 1. The first-order valence-corrected chi connectivity index (χ1v) is 11.4. The van der Waals surface area contributed by atoms with Gasteiger partial charge in [0.1, 0.15) is 5.69 Å². The van der Waals surface area contributed by atoms with E-state index in [4.69, 9.17) is 4.42 Å². The number of nitrogens with one attached hydrogen (secondary N) is 1. The third-order valence-electron chi connectivity index (χ3n) is 5.29. The molecule has 1 atom stereocenters. The van der Waals surface area contributed by atoms with Crippen LogP contribution in [0, 0.1) is 19.8 Å². The summed E-state index contributed by atoms with van der Waals surface area (Å²) in [5.74, 6) is -0.617. The fourth-order valence-corrected chi connectivity index (χ4v) is 5.15. The second kappa shape index (κ2) is 8.23. The van der Waals surface area contributed by atoms with E-state index in [0.717, 1.165) is 11.3 Å². The van der Waals surface area contributed by atoms with Crippen molar-refractivity contribution in [3.05, 3.63) is 41.6 Å². The highest BCUT2D eigenvalue weighted by Gasteiger charge is 2.33. The van der Waals surface area contributed by atoms with Crippen molar-refractivity contribution in [2.45, 2.75) is 31.6 Å². The van der Waals surface area contributed by atoms with E-state index in [1.165, 1.54) is 4.31 Å². The van der Waals surface area contributed by atoms with Crippen LogP contribution in [0.25, 0.3) is 11.6 Å². The third kappa shape index (κ3) is 4.37. The Bertz CT molecular complexity index is 1200. The maximum Gasteiger partial charge on any atom is 0.322 e. The Morgan fingerprint density at radius 2 is 1.94 bits per heavy atom. The third-order valence-corrected chi connectivity index (χ3v) is 7.17. The summed E-state index contributed by atoms with van der Waals surface area (Å²) >= 11 is 0. The first-order valence-electron chi connectivity index (χ1n) is 9.96. The average Bonchev–Trinajstić information content (AvgIpc) is 3.33. The van der Waals surface area contributed by atoms with Crippen LogP contribution in [0.5, 0.6) is 0 Å². The lowest BCUT2D eigenvalue weighted by Gasteiger charge is -2.30. The normalized spacial score (nSPS) is 17.6. The number of sulfonamides is 1. The van der Waals surface area contributed by atoms with Gasteiger partial charge in [-0.1, -0.05) is 22.8 Å². The largest absolute Gasteiger partial charge is 0.401 e. The van der Waals surface area contributed by atoms with Gasteiger partial charge in [-0.3, -0.25) is 14.8 Å². The Hall–Kier alpha value is -3.05. The van der Waals surface area contributed by atoms with E-state index in [9.17, 15) is 13.2 Å². The number of nitrogens with zero attached hydrogens (tertiary/aromatic N) is 5. The molecule has 1 saturated heterocycles. The molecule has 1 aliphatic heterocycles. The molecule has 0 saturated carbocycles. The van der Waals surface area contributed by atoms with Crippen LogP contribution in [0.15, 0.2) is 39.6 Å². The van der Waals surface area contributed by atoms with Crippen molar-refractivity contribution < 1.29 is 17.6 Å². The van der Waals surface area contributed by atoms with Crippen LogP contribution in [-0.4, -0.2) is 51.7 Å². The fraction of sp³-hybridized carbons (Fsp3) is 0.400. The van der Waals surface area contributed by atoms with Crippen LogP contribution in [0.1, 0.15) is 24.1 Å². The lowest BCUT2D eigenvalue weighted by atomic mass is 9.99. The van der Waals surface area contributed by atoms with Crippen molar-refractivity contribution in [1.29, 1.82) is 0 Å². The standard InChI is InChI=1S/C20H24N6O4S/c1-13-6-8-16(9-7-13)31(28,29)26-10-4-5-15(12-26)18(27)21-20-23-22-19(30-20)17-11-14(2)24-25(17)3/h6-9,11,15H,4-5,10,12H2,1-3H3,(H,21,23,27)/t15-/m0/s1. The second-order valence-corrected chi connectivity index (χ2v) is 9.65. The quantitative estimate of drug-likeness (QED) is 0.639. The van der Waals surface area contributed by atoms with Gasteiger partial charge < -0.3 is 4.42 Å². The highest BCUT2D eigenvalue weighted by Crippen LogP contribution is 2.26. The van der Waals surface area contributed by atoms with Crippen molar-refractivity contribution in [2.24, 2.45) is 13.0 Å². The Morgan fingerprint density at radius 1 is 1.19 bits per heavy atom. The number of hydrogen-bond donors (Lipinski definition) is 1. The number of benzene rings is 1. The molecule has 2 aromatic heterocycles. The minimum atomic E-state index is -3.66. The van der Waals surface area contributed by atoms with E-state index < -0.39 is 15.9 Å². The molecule has 3 heterocycles. The van der Waals surface area contributed by atoms with Crippen LogP contribution in [-0.2, 0) is 21.9 Å². The summed E-state index contributed by atoms with van der Waals surface area (Å²) in [6.07, 6.45) is 1.17. The van der Waals surface area contributed by atoms with Gasteiger partial charge >= 0.3 is 6.01 Å². The summed E-state index contributed by atoms with van der Waals surface area (Å²) in [4.78, 5) is 13.0. The van der Waals surface area contributed by atoms with Gasteiger partial charge in [-0.05, 0) is 44.9 Å². The van der Waals surface area contributed by atoms with Crippen LogP contribution >= 0.6 is 0 Å². The predicted molar refractivity (Wildman–Crippen MR) is 113 cm³/mol. The molecule has 1 amide bonds. The molecule has 164 valence electrons. The number of anilines is 1. The molecule has 0 aliphatic carbocycles. The summed E-state index contributed by atoms with van der Waals surface area (Å²) < 4.78 is 34.5. The Morgan fingerprint density at radius 3 is 2.61 bits per heavy atom. The SMILES string of the molecule is Cc1ccc(S(=O)(=O)N2CCC[C@H](C(=O)Nc3nnc(-c4cc(C)nn4C)o3)C2)cc1. The van der Waals surface area contributed by atoms with E-state index in [1.54, 1.807) is 42.1 Å². The lowest BCUT2D eigenvalue weighted by Crippen LogP contribution is -2.43. The maximum absolute atomic E-state index is 13.0. The molecule has 0 radical (unpaired) electrons. The van der Waals surface area contributed by atoms with Crippen molar-refractivity contribution in [3.63, 3.8) is 0 Å². The average molecular weight is 445 g/mol. The number of hydrogen-bond acceptors (Lipinski definition) is 7. The molecule has 0 unspecified atom stereocenters. The molecule has 1 N–H and O–H groups in total. The highest BCUT2D eigenvalue weighted by atomic mass is 32.2. The summed E-state index contributed by atoms with van der Waals surface area (Å²) in [6, 6.07) is 8.48. The zero-order valence-corrected chi connectivity index (χ0v) is 18.4. The van der Waals surface area contributed by atoms with Crippen LogP contribution in [0.4, 0.5) is 6.01 Å². The molecular weight excluding hydrogens is 420 g/mol. The summed E-state index contributed by atoms with van der Waals surface area (Å²) in [6.45, 7) is 4.23. The van der Waals surface area contributed by atoms with Crippen molar-refractivity contribution in [3.8, 4) is 11.6 Å². The number of amides is 1. The summed E-state index contributed by atoms with van der Waals surface area (Å²) in [5, 5.41) is 14.7. The molecule has 0 spiro atoms. The Kier molecular flexibility index (Phi) is 5.63. The molecule has 4 rings (SSSR count). The summed E-state index contributed by atoms with van der Waals surface area (Å²) in [5.41, 5.74) is 2.42. The highest BCUT2D eigenvalue weighted by molar-refractivity contribution is 7.89. The van der Waals surface area contributed by atoms with Gasteiger partial charge in [0.15, 0.2) is 0 Å². The molecular formula is C20H24N6O4S. The minimum absolute atomic E-state index is 0.0302. The molecule has 3 aromatic rings. The van der Waals surface area contributed by atoms with Gasteiger partial charge in [-0.2, -0.15) is 9.40 Å². The topological polar surface area (TPSA) is 123 Å². The van der Waals surface area contributed by atoms with E-state index in [1.807, 2.05) is 13.8 Å². The van der Waals surface area contributed by atoms with Gasteiger partial charge in [0.25, 0.3) is 5.89 Å². The number of aryl methyl sites for hydroxylation is 3. The van der Waals surface area contributed by atoms with Crippen molar-refractivity contribution in [1.82, 2.24) is 24.3 Å². The van der Waals surface area contributed by atoms with E-state index in [-0.39, 0.29) is 29.3 Å². The van der Waals surface area contributed by atoms with Crippen LogP contribution in [0.2, 0.25) is 0 Å². The molecule has 0 bridgehead atoms. The van der Waals surface area contributed by atoms with Crippen LogP contribution in [0.3, 0.4) is 0 Å². The van der Waals surface area contributed by atoms with Gasteiger partial charge in [0, 0.05) is 20.1 Å². The lowest BCUT2D eigenvalue weighted by molar-refractivity contribution is -0.121.